The summed E-state index contributed by atoms with van der Waals surface area (Å²) in [5.74, 6) is 0.920. The summed E-state index contributed by atoms with van der Waals surface area (Å²) < 4.78 is 16.0. The average Bonchev–Trinajstić information content (AvgIpc) is 2.60. The van der Waals surface area contributed by atoms with Gasteiger partial charge in [-0.3, -0.25) is 0 Å². The molecule has 0 fully saturated rings. The number of ether oxygens (including phenoxy) is 3. The van der Waals surface area contributed by atoms with Crippen molar-refractivity contribution in [2.24, 2.45) is 0 Å². The molecule has 0 aliphatic heterocycles. The fraction of sp³-hybridized carbons (Fsp3) is 0.316. The number of anilines is 1. The van der Waals surface area contributed by atoms with E-state index in [-0.39, 0.29) is 12.6 Å². The van der Waals surface area contributed by atoms with Crippen LogP contribution in [0.5, 0.6) is 11.5 Å². The van der Waals surface area contributed by atoms with Gasteiger partial charge in [0.1, 0.15) is 6.61 Å². The maximum Gasteiger partial charge on any atom is 0.338 e. The summed E-state index contributed by atoms with van der Waals surface area (Å²) in [4.78, 5) is 14.2. The van der Waals surface area contributed by atoms with E-state index < -0.39 is 0 Å². The van der Waals surface area contributed by atoms with Gasteiger partial charge in [-0.25, -0.2) is 4.79 Å². The Bertz CT molecular complexity index is 708. The van der Waals surface area contributed by atoms with E-state index in [1.165, 1.54) is 0 Å². The number of aryl methyl sites for hydroxylation is 1. The average molecular weight is 329 g/mol. The summed E-state index contributed by atoms with van der Waals surface area (Å²) in [5, 5.41) is 0. The van der Waals surface area contributed by atoms with Crippen molar-refractivity contribution in [3.8, 4) is 11.5 Å². The summed E-state index contributed by atoms with van der Waals surface area (Å²) in [5.41, 5.74) is 3.41. The van der Waals surface area contributed by atoms with Gasteiger partial charge in [0.05, 0.1) is 19.8 Å². The number of benzene rings is 2. The summed E-state index contributed by atoms with van der Waals surface area (Å²) in [6, 6.07) is 11.0. The molecule has 0 bridgehead atoms. The lowest BCUT2D eigenvalue weighted by Crippen LogP contribution is -2.10. The Kier molecular flexibility index (Phi) is 5.68. The van der Waals surface area contributed by atoms with Gasteiger partial charge in [-0.1, -0.05) is 0 Å². The quantitative estimate of drug-likeness (QED) is 0.760. The molecule has 5 heteroatoms. The molecule has 0 aliphatic carbocycles. The fourth-order valence-corrected chi connectivity index (χ4v) is 2.30. The van der Waals surface area contributed by atoms with Crippen LogP contribution >= 0.6 is 0 Å². The first kappa shape index (κ1) is 17.7. The van der Waals surface area contributed by atoms with Gasteiger partial charge in [-0.2, -0.15) is 0 Å². The summed E-state index contributed by atoms with van der Waals surface area (Å²) in [6.07, 6.45) is 0. The van der Waals surface area contributed by atoms with Gasteiger partial charge >= 0.3 is 5.97 Å². The third-order valence-electron chi connectivity index (χ3n) is 3.82. The van der Waals surface area contributed by atoms with Crippen LogP contribution in [0, 0.1) is 6.92 Å². The summed E-state index contributed by atoms with van der Waals surface area (Å²) in [7, 11) is 7.07. The number of carbonyl (C=O) groups is 1. The molecule has 0 saturated carbocycles. The van der Waals surface area contributed by atoms with E-state index in [2.05, 4.69) is 0 Å². The molecule has 24 heavy (non-hydrogen) atoms. The van der Waals surface area contributed by atoms with Crippen molar-refractivity contribution in [3.63, 3.8) is 0 Å². The predicted octanol–water partition coefficient (Wildman–Crippen LogP) is 3.44. The molecule has 0 saturated heterocycles. The number of rotatable bonds is 6. The molecule has 0 aliphatic rings. The van der Waals surface area contributed by atoms with E-state index in [1.54, 1.807) is 26.4 Å². The van der Waals surface area contributed by atoms with Crippen LogP contribution in [0.1, 0.15) is 21.5 Å². The highest BCUT2D eigenvalue weighted by molar-refractivity contribution is 5.89. The largest absolute Gasteiger partial charge is 0.493 e. The minimum absolute atomic E-state index is 0.181. The molecule has 0 spiro atoms. The zero-order valence-electron chi connectivity index (χ0n) is 14.8. The molecular formula is C19H23NO4. The Morgan fingerprint density at radius 1 is 1.00 bits per heavy atom. The van der Waals surface area contributed by atoms with Crippen molar-refractivity contribution >= 4 is 11.7 Å². The molecule has 0 unspecified atom stereocenters. The first-order valence-electron chi connectivity index (χ1n) is 7.62. The van der Waals surface area contributed by atoms with Gasteiger partial charge in [-0.15, -0.1) is 0 Å². The highest BCUT2D eigenvalue weighted by Gasteiger charge is 2.12. The second-order valence-electron chi connectivity index (χ2n) is 5.65. The van der Waals surface area contributed by atoms with Crippen LogP contribution in [-0.4, -0.2) is 34.3 Å². The van der Waals surface area contributed by atoms with Crippen molar-refractivity contribution < 1.29 is 19.0 Å². The molecule has 2 aromatic rings. The number of hydrogen-bond acceptors (Lipinski definition) is 5. The van der Waals surface area contributed by atoms with Crippen LogP contribution in [0.2, 0.25) is 0 Å². The third-order valence-corrected chi connectivity index (χ3v) is 3.82. The lowest BCUT2D eigenvalue weighted by atomic mass is 10.1. The summed E-state index contributed by atoms with van der Waals surface area (Å²) >= 11 is 0. The lowest BCUT2D eigenvalue weighted by Gasteiger charge is -2.14. The normalized spacial score (nSPS) is 10.2. The zero-order chi connectivity index (χ0) is 17.7. The first-order valence-corrected chi connectivity index (χ1v) is 7.62. The maximum absolute atomic E-state index is 12.2. The van der Waals surface area contributed by atoms with Crippen molar-refractivity contribution in [2.75, 3.05) is 33.2 Å². The van der Waals surface area contributed by atoms with E-state index in [9.17, 15) is 4.79 Å². The van der Waals surface area contributed by atoms with Crippen molar-refractivity contribution in [1.29, 1.82) is 0 Å². The Hall–Kier alpha value is -2.69. The molecule has 0 aromatic heterocycles. The van der Waals surface area contributed by atoms with Crippen LogP contribution in [0.3, 0.4) is 0 Å². The molecule has 2 rings (SSSR count). The third kappa shape index (κ3) is 3.98. The standard InChI is InChI=1S/C19H23NO4/c1-13-10-17(22-4)18(23-5)11-15(13)12-24-19(21)14-6-8-16(9-7-14)20(2)3/h6-11H,12H2,1-5H3. The smallest absolute Gasteiger partial charge is 0.338 e. The Morgan fingerprint density at radius 2 is 1.58 bits per heavy atom. The van der Waals surface area contributed by atoms with E-state index in [0.717, 1.165) is 16.8 Å². The molecule has 5 nitrogen and oxygen atoms in total. The van der Waals surface area contributed by atoms with Crippen molar-refractivity contribution in [3.05, 3.63) is 53.1 Å². The van der Waals surface area contributed by atoms with Crippen LogP contribution in [0.4, 0.5) is 5.69 Å². The van der Waals surface area contributed by atoms with Crippen LogP contribution in [0.25, 0.3) is 0 Å². The van der Waals surface area contributed by atoms with Gasteiger partial charge < -0.3 is 19.1 Å². The molecule has 0 N–H and O–H groups in total. The lowest BCUT2D eigenvalue weighted by molar-refractivity contribution is 0.0472. The highest BCUT2D eigenvalue weighted by Crippen LogP contribution is 2.30. The molecule has 0 radical (unpaired) electrons. The topological polar surface area (TPSA) is 48.0 Å². The van der Waals surface area contributed by atoms with Crippen LogP contribution in [-0.2, 0) is 11.3 Å². The summed E-state index contributed by atoms with van der Waals surface area (Å²) in [6.45, 7) is 2.12. The second kappa shape index (κ2) is 7.73. The number of hydrogen-bond donors (Lipinski definition) is 0. The van der Waals surface area contributed by atoms with Gasteiger partial charge in [0, 0.05) is 19.8 Å². The minimum Gasteiger partial charge on any atom is -0.493 e. The predicted molar refractivity (Wildman–Crippen MR) is 94.2 cm³/mol. The minimum atomic E-state index is -0.352. The Balaban J connectivity index is 2.08. The number of esters is 1. The van der Waals surface area contributed by atoms with Crippen LogP contribution in [0.15, 0.2) is 36.4 Å². The second-order valence-corrected chi connectivity index (χ2v) is 5.65. The number of methoxy groups -OCH3 is 2. The van der Waals surface area contributed by atoms with Crippen LogP contribution < -0.4 is 14.4 Å². The fourth-order valence-electron chi connectivity index (χ4n) is 2.30. The van der Waals surface area contributed by atoms with E-state index in [1.807, 2.05) is 50.2 Å². The molecule has 0 heterocycles. The molecule has 0 amide bonds. The van der Waals surface area contributed by atoms with Crippen molar-refractivity contribution in [2.45, 2.75) is 13.5 Å². The van der Waals surface area contributed by atoms with Gasteiger partial charge in [0.2, 0.25) is 0 Å². The SMILES string of the molecule is COc1cc(C)c(COC(=O)c2ccc(N(C)C)cc2)cc1OC. The van der Waals surface area contributed by atoms with Crippen molar-refractivity contribution in [1.82, 2.24) is 0 Å². The van der Waals surface area contributed by atoms with E-state index in [0.29, 0.717) is 17.1 Å². The molecule has 2 aromatic carbocycles. The zero-order valence-corrected chi connectivity index (χ0v) is 14.8. The Morgan fingerprint density at radius 3 is 2.12 bits per heavy atom. The Labute approximate surface area is 142 Å². The molecule has 0 atom stereocenters. The van der Waals surface area contributed by atoms with E-state index in [4.69, 9.17) is 14.2 Å². The highest BCUT2D eigenvalue weighted by atomic mass is 16.5. The van der Waals surface area contributed by atoms with Gasteiger partial charge in [0.15, 0.2) is 11.5 Å². The monoisotopic (exact) mass is 329 g/mol. The number of carbonyl (C=O) groups excluding carboxylic acids is 1. The van der Waals surface area contributed by atoms with E-state index >= 15 is 0 Å². The number of nitrogens with zero attached hydrogens (tertiary/aromatic N) is 1. The molecule has 128 valence electrons. The molecular weight excluding hydrogens is 306 g/mol. The first-order chi connectivity index (χ1) is 11.5. The van der Waals surface area contributed by atoms with Gasteiger partial charge in [0.25, 0.3) is 0 Å². The van der Waals surface area contributed by atoms with Gasteiger partial charge in [-0.05, 0) is 54.4 Å². The maximum atomic E-state index is 12.2.